The van der Waals surface area contributed by atoms with Crippen molar-refractivity contribution in [3.63, 3.8) is 0 Å². The quantitative estimate of drug-likeness (QED) is 0.469. The summed E-state index contributed by atoms with van der Waals surface area (Å²) in [6, 6.07) is 7.63. The molecule has 114 valence electrons. The molecule has 0 fully saturated rings. The fraction of sp³-hybridized carbons (Fsp3) is 0. The second-order valence-electron chi connectivity index (χ2n) is 4.99. The Morgan fingerprint density at radius 2 is 1.96 bits per heavy atom. The summed E-state index contributed by atoms with van der Waals surface area (Å²) >= 11 is 3.30. The van der Waals surface area contributed by atoms with Crippen LogP contribution in [0.5, 0.6) is 0 Å². The van der Waals surface area contributed by atoms with E-state index in [4.69, 9.17) is 4.42 Å². The van der Waals surface area contributed by atoms with Crippen LogP contribution in [0.25, 0.3) is 27.9 Å². The lowest BCUT2D eigenvalue weighted by Crippen LogP contribution is -2.02. The molecule has 0 spiro atoms. The molecule has 0 aliphatic heterocycles. The Hall–Kier alpha value is -2.54. The van der Waals surface area contributed by atoms with Crippen LogP contribution < -0.4 is 5.63 Å². The molecule has 0 amide bonds. The van der Waals surface area contributed by atoms with Crippen LogP contribution >= 0.6 is 15.9 Å². The molecule has 1 aromatic carbocycles. The van der Waals surface area contributed by atoms with Crippen molar-refractivity contribution in [2.45, 2.75) is 0 Å². The number of hydrogen-bond donors (Lipinski definition) is 0. The predicted molar refractivity (Wildman–Crippen MR) is 84.3 cm³/mol. The van der Waals surface area contributed by atoms with E-state index in [2.05, 4.69) is 20.9 Å². The van der Waals surface area contributed by atoms with Crippen LogP contribution in [0.2, 0.25) is 0 Å². The summed E-state index contributed by atoms with van der Waals surface area (Å²) in [6.07, 6.45) is 2.48. The van der Waals surface area contributed by atoms with Crippen molar-refractivity contribution in [2.24, 2.45) is 0 Å². The van der Waals surface area contributed by atoms with E-state index >= 15 is 0 Å². The molecule has 0 atom stereocenters. The number of halogens is 3. The second kappa shape index (κ2) is 4.99. The first-order valence-electron chi connectivity index (χ1n) is 6.59. The van der Waals surface area contributed by atoms with Gasteiger partial charge in [0, 0.05) is 28.3 Å². The first-order valence-corrected chi connectivity index (χ1v) is 7.38. The number of benzene rings is 1. The van der Waals surface area contributed by atoms with Crippen molar-refractivity contribution in [3.05, 3.63) is 69.3 Å². The van der Waals surface area contributed by atoms with E-state index in [1.165, 1.54) is 10.6 Å². The van der Waals surface area contributed by atoms with E-state index in [0.717, 1.165) is 16.7 Å². The number of fused-ring (bicyclic) bond motifs is 2. The van der Waals surface area contributed by atoms with E-state index in [1.54, 1.807) is 18.2 Å². The fourth-order valence-corrected chi connectivity index (χ4v) is 2.76. The Balaban J connectivity index is 1.98. The van der Waals surface area contributed by atoms with Crippen LogP contribution in [-0.2, 0) is 0 Å². The molecule has 0 bridgehead atoms. The van der Waals surface area contributed by atoms with Crippen LogP contribution in [0.1, 0.15) is 0 Å². The number of imidazole rings is 1. The Labute approximate surface area is 136 Å². The van der Waals surface area contributed by atoms with Gasteiger partial charge in [0.05, 0.1) is 11.3 Å². The van der Waals surface area contributed by atoms with E-state index in [1.807, 2.05) is 6.07 Å². The zero-order valence-corrected chi connectivity index (χ0v) is 13.0. The van der Waals surface area contributed by atoms with Gasteiger partial charge in [0.1, 0.15) is 11.4 Å². The van der Waals surface area contributed by atoms with Crippen molar-refractivity contribution in [2.75, 3.05) is 0 Å². The minimum Gasteiger partial charge on any atom is -0.422 e. The summed E-state index contributed by atoms with van der Waals surface area (Å²) in [5.74, 6) is -1.53. The van der Waals surface area contributed by atoms with Crippen molar-refractivity contribution in [1.82, 2.24) is 9.38 Å². The van der Waals surface area contributed by atoms with Gasteiger partial charge in [-0.15, -0.1) is 0 Å². The van der Waals surface area contributed by atoms with Crippen molar-refractivity contribution in [1.29, 1.82) is 0 Å². The second-order valence-corrected chi connectivity index (χ2v) is 5.91. The molecule has 23 heavy (non-hydrogen) atoms. The lowest BCUT2D eigenvalue weighted by atomic mass is 10.1. The summed E-state index contributed by atoms with van der Waals surface area (Å²) in [5, 5.41) is 0.700. The molecular weight excluding hydrogens is 370 g/mol. The van der Waals surface area contributed by atoms with Crippen molar-refractivity contribution in [3.8, 4) is 11.3 Å². The molecule has 3 aromatic heterocycles. The molecule has 0 saturated carbocycles. The van der Waals surface area contributed by atoms with Gasteiger partial charge in [-0.3, -0.25) is 0 Å². The van der Waals surface area contributed by atoms with Crippen LogP contribution in [0.4, 0.5) is 8.78 Å². The van der Waals surface area contributed by atoms with Crippen molar-refractivity contribution >= 4 is 32.5 Å². The standard InChI is InChI=1S/C16H7BrF2N2O2/c17-9-2-1-8-3-11(16(22)23-14(8)4-9)13-7-21-6-10(18)5-12(19)15(21)20-13/h1-7H. The number of aromatic nitrogens is 2. The molecule has 7 heteroatoms. The average Bonchev–Trinajstić information content (AvgIpc) is 2.90. The Bertz CT molecular complexity index is 1130. The zero-order chi connectivity index (χ0) is 16.1. The molecule has 0 aliphatic rings. The Morgan fingerprint density at radius 3 is 2.78 bits per heavy atom. The molecule has 0 saturated heterocycles. The number of hydrogen-bond acceptors (Lipinski definition) is 3. The minimum absolute atomic E-state index is 0.0586. The lowest BCUT2D eigenvalue weighted by molar-refractivity contribution is 0.563. The molecule has 0 unspecified atom stereocenters. The van der Waals surface area contributed by atoms with Gasteiger partial charge in [-0.2, -0.15) is 0 Å². The highest BCUT2D eigenvalue weighted by Gasteiger charge is 2.14. The maximum absolute atomic E-state index is 13.7. The van der Waals surface area contributed by atoms with Crippen LogP contribution in [0.15, 0.2) is 56.4 Å². The molecule has 0 aliphatic carbocycles. The normalized spacial score (nSPS) is 11.4. The van der Waals surface area contributed by atoms with Crippen LogP contribution in [0, 0.1) is 11.6 Å². The number of rotatable bonds is 1. The van der Waals surface area contributed by atoms with E-state index in [-0.39, 0.29) is 16.9 Å². The van der Waals surface area contributed by atoms with Crippen LogP contribution in [0.3, 0.4) is 0 Å². The maximum atomic E-state index is 13.7. The average molecular weight is 377 g/mol. The van der Waals surface area contributed by atoms with Gasteiger partial charge in [0.25, 0.3) is 0 Å². The molecular formula is C16H7BrF2N2O2. The van der Waals surface area contributed by atoms with Gasteiger partial charge in [0.2, 0.25) is 0 Å². The molecule has 4 aromatic rings. The number of nitrogens with zero attached hydrogens (tertiary/aromatic N) is 2. The maximum Gasteiger partial charge on any atom is 0.345 e. The lowest BCUT2D eigenvalue weighted by Gasteiger charge is -2.00. The minimum atomic E-state index is -0.801. The van der Waals surface area contributed by atoms with Gasteiger partial charge < -0.3 is 8.82 Å². The summed E-state index contributed by atoms with van der Waals surface area (Å²) < 4.78 is 34.3. The number of pyridine rings is 1. The van der Waals surface area contributed by atoms with Gasteiger partial charge in [-0.1, -0.05) is 22.0 Å². The SMILES string of the molecule is O=c1oc2cc(Br)ccc2cc1-c1cn2cc(F)cc(F)c2n1. The Morgan fingerprint density at radius 1 is 1.13 bits per heavy atom. The third-order valence-corrected chi connectivity index (χ3v) is 3.94. The molecule has 4 rings (SSSR count). The highest BCUT2D eigenvalue weighted by Crippen LogP contribution is 2.24. The van der Waals surface area contributed by atoms with Gasteiger partial charge in [-0.25, -0.2) is 18.6 Å². The third-order valence-electron chi connectivity index (χ3n) is 3.45. The van der Waals surface area contributed by atoms with Gasteiger partial charge in [-0.05, 0) is 18.2 Å². The fourth-order valence-electron chi connectivity index (χ4n) is 2.42. The summed E-state index contributed by atoms with van der Waals surface area (Å²) in [5.41, 5.74) is 0.169. The van der Waals surface area contributed by atoms with Crippen molar-refractivity contribution < 1.29 is 13.2 Å². The zero-order valence-electron chi connectivity index (χ0n) is 11.4. The van der Waals surface area contributed by atoms with Crippen LogP contribution in [-0.4, -0.2) is 9.38 Å². The van der Waals surface area contributed by atoms with E-state index < -0.39 is 17.3 Å². The van der Waals surface area contributed by atoms with E-state index in [9.17, 15) is 13.6 Å². The third kappa shape index (κ3) is 2.33. The molecule has 3 heterocycles. The molecule has 0 radical (unpaired) electrons. The largest absolute Gasteiger partial charge is 0.422 e. The highest BCUT2D eigenvalue weighted by atomic mass is 79.9. The monoisotopic (exact) mass is 376 g/mol. The first-order chi connectivity index (χ1) is 11.0. The summed E-state index contributed by atoms with van der Waals surface area (Å²) in [4.78, 5) is 16.2. The molecule has 4 nitrogen and oxygen atoms in total. The topological polar surface area (TPSA) is 47.5 Å². The summed E-state index contributed by atoms with van der Waals surface area (Å²) in [7, 11) is 0. The van der Waals surface area contributed by atoms with Gasteiger partial charge >= 0.3 is 5.63 Å². The predicted octanol–water partition coefficient (Wildman–Crippen LogP) is 4.15. The molecule has 0 N–H and O–H groups in total. The van der Waals surface area contributed by atoms with E-state index in [0.29, 0.717) is 11.0 Å². The Kier molecular flexibility index (Phi) is 3.05. The summed E-state index contributed by atoms with van der Waals surface area (Å²) in [6.45, 7) is 0. The highest BCUT2D eigenvalue weighted by molar-refractivity contribution is 9.10. The van der Waals surface area contributed by atoms with Gasteiger partial charge in [0.15, 0.2) is 11.5 Å². The first kappa shape index (κ1) is 14.1. The smallest absolute Gasteiger partial charge is 0.345 e.